The first kappa shape index (κ1) is 4.64. The third-order valence-electron chi connectivity index (χ3n) is 0.630. The Bertz CT molecular complexity index is 130. The lowest BCUT2D eigenvalue weighted by Gasteiger charge is -1.69. The van der Waals surface area contributed by atoms with Crippen LogP contribution in [-0.4, -0.2) is 26.2 Å². The summed E-state index contributed by atoms with van der Waals surface area (Å²) in [5.74, 6) is -0.956. The van der Waals surface area contributed by atoms with Crippen molar-refractivity contribution in [3.63, 3.8) is 0 Å². The second kappa shape index (κ2) is 1.23. The maximum Gasteiger partial charge on any atom is 0.377 e. The quantitative estimate of drug-likeness (QED) is 0.292. The lowest BCUT2D eigenvalue weighted by atomic mass is 10.5. The summed E-state index contributed by atoms with van der Waals surface area (Å²) in [7, 11) is 0. The van der Waals surface area contributed by atoms with Gasteiger partial charge in [0, 0.05) is 11.8 Å². The van der Waals surface area contributed by atoms with Crippen LogP contribution < -0.4 is 0 Å². The van der Waals surface area contributed by atoms with Gasteiger partial charge in [-0.15, -0.1) is 0 Å². The number of carboxylic acid groups (broad SMARTS) is 1. The zero-order valence-corrected chi connectivity index (χ0v) is 4.10. The van der Waals surface area contributed by atoms with Crippen molar-refractivity contribution >= 4 is 22.8 Å². The summed E-state index contributed by atoms with van der Waals surface area (Å²) in [5.41, 5.74) is 0. The zero-order valence-electron chi connectivity index (χ0n) is 3.29. The van der Waals surface area contributed by atoms with E-state index in [1.54, 1.807) is 0 Å². The highest BCUT2D eigenvalue weighted by molar-refractivity contribution is 8.26. The molecule has 1 aliphatic rings. The van der Waals surface area contributed by atoms with Crippen molar-refractivity contribution in [2.24, 2.45) is 0 Å². The molecule has 0 radical (unpaired) electrons. The molecular weight excluding hydrogens is 116 g/mol. The fourth-order valence-electron chi connectivity index (χ4n) is 0.243. The van der Waals surface area contributed by atoms with Gasteiger partial charge in [0.05, 0.1) is 0 Å². The van der Waals surface area contributed by atoms with Gasteiger partial charge in [0.25, 0.3) is 0 Å². The largest absolute Gasteiger partial charge is 0.480 e. The molecule has 1 rings (SSSR count). The molecule has 3 nitrogen and oxygen atoms in total. The van der Waals surface area contributed by atoms with Crippen LogP contribution in [0.3, 0.4) is 0 Å². The molecule has 1 fully saturated rings. The van der Waals surface area contributed by atoms with Crippen molar-refractivity contribution in [2.75, 3.05) is 0 Å². The molecule has 0 amide bonds. The normalized spacial score (nSPS) is 27.4. The third-order valence-corrected chi connectivity index (χ3v) is 1.51. The molecule has 1 saturated heterocycles. The molecule has 2 N–H and O–H groups in total. The fourth-order valence-corrected chi connectivity index (χ4v) is 0.618. The topological polar surface area (TPSA) is 58.7 Å². The van der Waals surface area contributed by atoms with E-state index in [0.717, 1.165) is 11.8 Å². The van der Waals surface area contributed by atoms with E-state index >= 15 is 0 Å². The van der Waals surface area contributed by atoms with Crippen molar-refractivity contribution in [3.8, 4) is 0 Å². The molecular formula is C3H3O3S+. The van der Waals surface area contributed by atoms with Gasteiger partial charge in [-0.2, -0.15) is 0 Å². The number of carbonyl (C=O) groups excluding carboxylic acids is 1. The molecule has 0 spiro atoms. The smallest absolute Gasteiger partial charge is 0.377 e. The summed E-state index contributed by atoms with van der Waals surface area (Å²) in [5, 5.41) is 7.42. The number of hydrogen-bond donors (Lipinski definition) is 1. The van der Waals surface area contributed by atoms with Crippen LogP contribution in [0.1, 0.15) is 0 Å². The van der Waals surface area contributed by atoms with Crippen LogP contribution in [-0.2, 0) is 4.79 Å². The van der Waals surface area contributed by atoms with Gasteiger partial charge in [0.1, 0.15) is 0 Å². The van der Waals surface area contributed by atoms with Crippen molar-refractivity contribution in [1.29, 1.82) is 0 Å². The number of aliphatic carboxylic acids is 1. The molecule has 1 atom stereocenters. The highest BCUT2D eigenvalue weighted by atomic mass is 32.2. The maximum absolute atomic E-state index is 9.77. The molecule has 0 aliphatic carbocycles. The summed E-state index contributed by atoms with van der Waals surface area (Å²) < 4.78 is 0. The first-order valence-electron chi connectivity index (χ1n) is 1.67. The molecule has 1 aliphatic heterocycles. The highest BCUT2D eigenvalue weighted by Crippen LogP contribution is 2.32. The van der Waals surface area contributed by atoms with E-state index in [1.807, 2.05) is 0 Å². The monoisotopic (exact) mass is 119 g/mol. The molecule has 0 unspecified atom stereocenters. The van der Waals surface area contributed by atoms with Crippen LogP contribution in [0.2, 0.25) is 0 Å². The van der Waals surface area contributed by atoms with Gasteiger partial charge in [-0.05, 0) is 0 Å². The maximum atomic E-state index is 9.77. The van der Waals surface area contributed by atoms with Crippen molar-refractivity contribution in [3.05, 3.63) is 0 Å². The molecule has 4 heteroatoms. The molecule has 0 aromatic heterocycles. The second-order valence-electron chi connectivity index (χ2n) is 1.17. The number of carbonyl (C=O) groups is 1. The Morgan fingerprint density at radius 2 is 2.43 bits per heavy atom. The lowest BCUT2D eigenvalue weighted by Crippen LogP contribution is -2.03. The van der Waals surface area contributed by atoms with Gasteiger partial charge >= 0.3 is 11.1 Å². The van der Waals surface area contributed by atoms with Crippen LogP contribution in [0, 0.1) is 0 Å². The molecule has 38 valence electrons. The summed E-state index contributed by atoms with van der Waals surface area (Å²) in [6, 6.07) is 0. The number of thioether (sulfide) groups is 1. The molecule has 0 aromatic carbocycles. The summed E-state index contributed by atoms with van der Waals surface area (Å²) in [4.78, 5) is 18.1. The minimum absolute atomic E-state index is 0.0208. The first-order chi connectivity index (χ1) is 3.22. The Hall–Kier alpha value is -0.510. The molecule has 1 heterocycles. The van der Waals surface area contributed by atoms with E-state index in [0.29, 0.717) is 0 Å². The van der Waals surface area contributed by atoms with Gasteiger partial charge in [0.15, 0.2) is 0 Å². The standard InChI is InChI=1S/C3H2O3S/c4-2(5)1-3(6)7-1/h1H,(H,4,5)/p+1/t1-/m0/s1. The number of rotatable bonds is 1. The SMILES string of the molecule is O=C(O)[C@@H]1SC1=[OH+]. The van der Waals surface area contributed by atoms with Crippen molar-refractivity contribution in [1.82, 2.24) is 0 Å². The van der Waals surface area contributed by atoms with Gasteiger partial charge in [0.2, 0.25) is 5.25 Å². The van der Waals surface area contributed by atoms with Crippen LogP contribution in [0.25, 0.3) is 0 Å². The second-order valence-corrected chi connectivity index (χ2v) is 2.30. The Labute approximate surface area is 43.7 Å². The van der Waals surface area contributed by atoms with Gasteiger partial charge in [-0.25, -0.2) is 0 Å². The predicted octanol–water partition coefficient (Wildman–Crippen LogP) is -0.311. The highest BCUT2D eigenvalue weighted by Gasteiger charge is 2.51. The van der Waals surface area contributed by atoms with Crippen LogP contribution >= 0.6 is 11.8 Å². The Kier molecular flexibility index (Phi) is 0.815. The van der Waals surface area contributed by atoms with E-state index in [4.69, 9.17) is 9.90 Å². The van der Waals surface area contributed by atoms with Gasteiger partial charge < -0.3 is 5.11 Å². The van der Waals surface area contributed by atoms with Crippen molar-refractivity contribution in [2.45, 2.75) is 5.25 Å². The van der Waals surface area contributed by atoms with Gasteiger partial charge in [-0.1, -0.05) is 0 Å². The first-order valence-corrected chi connectivity index (χ1v) is 2.55. The van der Waals surface area contributed by atoms with E-state index in [1.165, 1.54) is 0 Å². The minimum Gasteiger partial charge on any atom is -0.480 e. The van der Waals surface area contributed by atoms with E-state index in [-0.39, 0.29) is 5.12 Å². The summed E-state index contributed by atoms with van der Waals surface area (Å²) >= 11 is 0.972. The lowest BCUT2D eigenvalue weighted by molar-refractivity contribution is -0.134. The predicted molar refractivity (Wildman–Crippen MR) is 26.0 cm³/mol. The summed E-state index contributed by atoms with van der Waals surface area (Å²) in [6.07, 6.45) is 0. The van der Waals surface area contributed by atoms with E-state index < -0.39 is 11.2 Å². The minimum atomic E-state index is -0.956. The number of hydrogen-bond acceptors (Lipinski definition) is 2. The third kappa shape index (κ3) is 0.742. The average Bonchev–Trinajstić information content (AvgIpc) is 2.17. The molecule has 0 aromatic rings. The average molecular weight is 119 g/mol. The fraction of sp³-hybridized carbons (Fsp3) is 0.333. The van der Waals surface area contributed by atoms with Crippen LogP contribution in [0.15, 0.2) is 0 Å². The van der Waals surface area contributed by atoms with E-state index in [9.17, 15) is 4.79 Å². The zero-order chi connectivity index (χ0) is 5.44. The molecule has 0 bridgehead atoms. The van der Waals surface area contributed by atoms with Crippen molar-refractivity contribution < 1.29 is 14.7 Å². The summed E-state index contributed by atoms with van der Waals surface area (Å²) in [6.45, 7) is 0. The number of carboxylic acids is 1. The Morgan fingerprint density at radius 3 is 2.43 bits per heavy atom. The Balaban J connectivity index is 2.48. The van der Waals surface area contributed by atoms with Crippen LogP contribution in [0.4, 0.5) is 0 Å². The van der Waals surface area contributed by atoms with E-state index in [2.05, 4.69) is 0 Å². The molecule has 0 saturated carbocycles. The van der Waals surface area contributed by atoms with Crippen LogP contribution in [0.5, 0.6) is 0 Å². The molecule has 7 heavy (non-hydrogen) atoms. The van der Waals surface area contributed by atoms with Gasteiger partial charge in [-0.3, -0.25) is 9.59 Å². The Morgan fingerprint density at radius 1 is 2.00 bits per heavy atom.